The average molecular weight is 284 g/mol. The number of hydrogen-bond donors (Lipinski definition) is 2. The van der Waals surface area contributed by atoms with E-state index in [1.54, 1.807) is 12.1 Å². The normalized spacial score (nSPS) is 21.9. The molecule has 1 heterocycles. The molecule has 1 unspecified atom stereocenters. The first kappa shape index (κ1) is 14.2. The van der Waals surface area contributed by atoms with E-state index < -0.39 is 5.97 Å². The number of rotatable bonds is 3. The second kappa shape index (κ2) is 5.39. The minimum absolute atomic E-state index is 0.175. The third kappa shape index (κ3) is 3.61. The van der Waals surface area contributed by atoms with Gasteiger partial charge in [-0.25, -0.2) is 4.79 Å². The number of ether oxygens (including phenoxy) is 1. The Hall–Kier alpha value is -1.26. The maximum atomic E-state index is 11.2. The van der Waals surface area contributed by atoms with E-state index in [0.717, 1.165) is 12.8 Å². The molecule has 104 valence electrons. The van der Waals surface area contributed by atoms with E-state index in [1.165, 1.54) is 6.07 Å². The van der Waals surface area contributed by atoms with Crippen molar-refractivity contribution in [3.8, 4) is 0 Å². The highest BCUT2D eigenvalue weighted by Crippen LogP contribution is 2.28. The molecule has 5 heteroatoms. The van der Waals surface area contributed by atoms with Gasteiger partial charge in [0.2, 0.25) is 0 Å². The van der Waals surface area contributed by atoms with Gasteiger partial charge in [0.15, 0.2) is 0 Å². The number of aromatic carboxylic acids is 1. The Kier molecular flexibility index (Phi) is 4.02. The van der Waals surface area contributed by atoms with Crippen molar-refractivity contribution in [2.24, 2.45) is 0 Å². The first-order valence-electron chi connectivity index (χ1n) is 6.31. The predicted octanol–water partition coefficient (Wildman–Crippen LogP) is 3.41. The minimum atomic E-state index is -0.976. The van der Waals surface area contributed by atoms with Gasteiger partial charge in [-0.2, -0.15) is 0 Å². The third-order valence-electron chi connectivity index (χ3n) is 3.27. The van der Waals surface area contributed by atoms with Gasteiger partial charge in [-0.05, 0) is 44.9 Å². The molecule has 0 spiro atoms. The summed E-state index contributed by atoms with van der Waals surface area (Å²) in [5, 5.41) is 12.9. The molecule has 4 nitrogen and oxygen atoms in total. The van der Waals surface area contributed by atoms with Crippen molar-refractivity contribution in [2.75, 3.05) is 11.9 Å². The molecule has 0 bridgehead atoms. The maximum Gasteiger partial charge on any atom is 0.337 e. The molecule has 1 fully saturated rings. The number of halogens is 1. The SMILES string of the molecule is CC1(C)CC(Nc2ccc(Cl)cc2C(=O)O)CCO1. The highest BCUT2D eigenvalue weighted by molar-refractivity contribution is 6.31. The van der Waals surface area contributed by atoms with E-state index >= 15 is 0 Å². The van der Waals surface area contributed by atoms with E-state index in [0.29, 0.717) is 17.3 Å². The van der Waals surface area contributed by atoms with Crippen LogP contribution in [0.1, 0.15) is 37.0 Å². The molecule has 2 rings (SSSR count). The Labute approximate surface area is 117 Å². The lowest BCUT2D eigenvalue weighted by Gasteiger charge is -2.36. The summed E-state index contributed by atoms with van der Waals surface area (Å²) in [4.78, 5) is 11.2. The molecule has 0 amide bonds. The molecule has 0 radical (unpaired) electrons. The van der Waals surface area contributed by atoms with Crippen molar-refractivity contribution < 1.29 is 14.6 Å². The van der Waals surface area contributed by atoms with Gasteiger partial charge < -0.3 is 15.2 Å². The van der Waals surface area contributed by atoms with Gasteiger partial charge in [0.1, 0.15) is 0 Å². The zero-order valence-electron chi connectivity index (χ0n) is 11.1. The van der Waals surface area contributed by atoms with Gasteiger partial charge in [-0.1, -0.05) is 11.6 Å². The first-order valence-corrected chi connectivity index (χ1v) is 6.68. The molecule has 1 atom stereocenters. The molecule has 1 saturated heterocycles. The van der Waals surface area contributed by atoms with E-state index in [9.17, 15) is 9.90 Å². The van der Waals surface area contributed by atoms with Crippen LogP contribution in [-0.2, 0) is 4.74 Å². The second-order valence-electron chi connectivity index (χ2n) is 5.44. The lowest BCUT2D eigenvalue weighted by molar-refractivity contribution is -0.0553. The van der Waals surface area contributed by atoms with Crippen LogP contribution in [0.15, 0.2) is 18.2 Å². The fourth-order valence-corrected chi connectivity index (χ4v) is 2.57. The number of benzene rings is 1. The summed E-state index contributed by atoms with van der Waals surface area (Å²) in [6.07, 6.45) is 1.71. The summed E-state index contributed by atoms with van der Waals surface area (Å²) in [5.41, 5.74) is 0.641. The zero-order valence-corrected chi connectivity index (χ0v) is 11.8. The standard InChI is InChI=1S/C14H18ClNO3/c1-14(2)8-10(5-6-19-14)16-12-4-3-9(15)7-11(12)13(17)18/h3-4,7,10,16H,5-6,8H2,1-2H3,(H,17,18). The molecule has 1 aliphatic heterocycles. The van der Waals surface area contributed by atoms with E-state index in [-0.39, 0.29) is 17.2 Å². The van der Waals surface area contributed by atoms with Crippen LogP contribution in [-0.4, -0.2) is 29.3 Å². The summed E-state index contributed by atoms with van der Waals surface area (Å²) in [6.45, 7) is 4.77. The van der Waals surface area contributed by atoms with Crippen molar-refractivity contribution >= 4 is 23.3 Å². The first-order chi connectivity index (χ1) is 8.87. The second-order valence-corrected chi connectivity index (χ2v) is 5.87. The van der Waals surface area contributed by atoms with Crippen LogP contribution >= 0.6 is 11.6 Å². The Balaban J connectivity index is 2.17. The van der Waals surface area contributed by atoms with Crippen LogP contribution in [0, 0.1) is 0 Å². The van der Waals surface area contributed by atoms with Crippen LogP contribution in [0.5, 0.6) is 0 Å². The molecule has 1 aliphatic rings. The molecule has 19 heavy (non-hydrogen) atoms. The number of hydrogen-bond acceptors (Lipinski definition) is 3. The Morgan fingerprint density at radius 2 is 2.26 bits per heavy atom. The molecule has 1 aromatic carbocycles. The lowest BCUT2D eigenvalue weighted by atomic mass is 9.93. The highest BCUT2D eigenvalue weighted by Gasteiger charge is 2.29. The third-order valence-corrected chi connectivity index (χ3v) is 3.50. The summed E-state index contributed by atoms with van der Waals surface area (Å²) in [7, 11) is 0. The molecular weight excluding hydrogens is 266 g/mol. The average Bonchev–Trinajstić information content (AvgIpc) is 2.30. The summed E-state index contributed by atoms with van der Waals surface area (Å²) >= 11 is 5.84. The van der Waals surface area contributed by atoms with Crippen LogP contribution in [0.3, 0.4) is 0 Å². The molecule has 2 N–H and O–H groups in total. The monoisotopic (exact) mass is 283 g/mol. The topological polar surface area (TPSA) is 58.6 Å². The van der Waals surface area contributed by atoms with Crippen molar-refractivity contribution in [3.05, 3.63) is 28.8 Å². The van der Waals surface area contributed by atoms with Crippen molar-refractivity contribution in [1.29, 1.82) is 0 Å². The molecule has 0 aliphatic carbocycles. The van der Waals surface area contributed by atoms with Gasteiger partial charge in [0.25, 0.3) is 0 Å². The van der Waals surface area contributed by atoms with Crippen LogP contribution in [0.2, 0.25) is 5.02 Å². The number of anilines is 1. The van der Waals surface area contributed by atoms with E-state index in [2.05, 4.69) is 5.32 Å². The minimum Gasteiger partial charge on any atom is -0.478 e. The molecule has 0 aromatic heterocycles. The van der Waals surface area contributed by atoms with Crippen LogP contribution < -0.4 is 5.32 Å². The molecular formula is C14H18ClNO3. The van der Waals surface area contributed by atoms with Crippen LogP contribution in [0.25, 0.3) is 0 Å². The highest BCUT2D eigenvalue weighted by atomic mass is 35.5. The smallest absolute Gasteiger partial charge is 0.337 e. The lowest BCUT2D eigenvalue weighted by Crippen LogP contribution is -2.40. The fraction of sp³-hybridized carbons (Fsp3) is 0.500. The van der Waals surface area contributed by atoms with Crippen molar-refractivity contribution in [2.45, 2.75) is 38.3 Å². The maximum absolute atomic E-state index is 11.2. The summed E-state index contributed by atoms with van der Waals surface area (Å²) in [6, 6.07) is 5.09. The van der Waals surface area contributed by atoms with Crippen molar-refractivity contribution in [3.63, 3.8) is 0 Å². The number of carbonyl (C=O) groups is 1. The van der Waals surface area contributed by atoms with Gasteiger partial charge in [0, 0.05) is 23.4 Å². The zero-order chi connectivity index (χ0) is 14.0. The van der Waals surface area contributed by atoms with Gasteiger partial charge >= 0.3 is 5.97 Å². The Bertz CT molecular complexity index is 488. The van der Waals surface area contributed by atoms with Gasteiger partial charge in [0.05, 0.1) is 11.2 Å². The molecule has 1 aromatic rings. The number of carboxylic acid groups (broad SMARTS) is 1. The van der Waals surface area contributed by atoms with Crippen LogP contribution in [0.4, 0.5) is 5.69 Å². The summed E-state index contributed by atoms with van der Waals surface area (Å²) < 4.78 is 5.65. The fourth-order valence-electron chi connectivity index (χ4n) is 2.39. The summed E-state index contributed by atoms with van der Waals surface area (Å²) in [5.74, 6) is -0.976. The van der Waals surface area contributed by atoms with E-state index in [1.807, 2.05) is 13.8 Å². The van der Waals surface area contributed by atoms with E-state index in [4.69, 9.17) is 16.3 Å². The number of nitrogens with one attached hydrogen (secondary N) is 1. The Morgan fingerprint density at radius 3 is 2.89 bits per heavy atom. The van der Waals surface area contributed by atoms with Gasteiger partial charge in [-0.3, -0.25) is 0 Å². The largest absolute Gasteiger partial charge is 0.478 e. The van der Waals surface area contributed by atoms with Gasteiger partial charge in [-0.15, -0.1) is 0 Å². The quantitative estimate of drug-likeness (QED) is 0.892. The predicted molar refractivity (Wildman–Crippen MR) is 75.1 cm³/mol. The Morgan fingerprint density at radius 1 is 1.53 bits per heavy atom. The number of carboxylic acids is 1. The molecule has 0 saturated carbocycles. The van der Waals surface area contributed by atoms with Crippen molar-refractivity contribution in [1.82, 2.24) is 0 Å².